The predicted molar refractivity (Wildman–Crippen MR) is 102 cm³/mol. The maximum Gasteiger partial charge on any atom is 0.308 e. The molecule has 1 saturated heterocycles. The van der Waals surface area contributed by atoms with Crippen molar-refractivity contribution in [3.05, 3.63) is 23.3 Å². The van der Waals surface area contributed by atoms with Crippen molar-refractivity contribution in [2.45, 2.75) is 61.9 Å². The number of likely N-dealkylation sites (N-methyl/N-ethyl adjacent to an activating group) is 1. The van der Waals surface area contributed by atoms with E-state index < -0.39 is 39.3 Å². The Kier molecular flexibility index (Phi) is 3.95. The molecule has 29 heavy (non-hydrogen) atoms. The lowest BCUT2D eigenvalue weighted by Crippen LogP contribution is -2.76. The molecule has 1 aromatic carbocycles. The van der Waals surface area contributed by atoms with E-state index in [0.29, 0.717) is 37.2 Å². The number of piperidine rings is 1. The molecule has 9 heteroatoms. The molecule has 1 spiro atoms. The maximum absolute atomic E-state index is 12.0. The lowest BCUT2D eigenvalue weighted by Gasteiger charge is -2.63. The van der Waals surface area contributed by atoms with Gasteiger partial charge in [0.2, 0.25) is 0 Å². The highest BCUT2D eigenvalue weighted by Crippen LogP contribution is 2.65. The summed E-state index contributed by atoms with van der Waals surface area (Å²) < 4.78 is 41.0. The topological polar surface area (TPSA) is 102 Å². The largest absolute Gasteiger partial charge is 0.482 e. The van der Waals surface area contributed by atoms with Gasteiger partial charge in [-0.1, -0.05) is 6.07 Å². The SMILES string of the molecule is CC(=O)Oc1ccc2c3c1O[C@H]1[C@@H](OS(C)(=O)=O)CCC4(O)[C@@H](C2)N(C)CC[C@]314. The zero-order valence-corrected chi connectivity index (χ0v) is 17.5. The van der Waals surface area contributed by atoms with E-state index in [1.807, 2.05) is 13.1 Å². The minimum absolute atomic E-state index is 0.0976. The molecule has 5 rings (SSSR count). The van der Waals surface area contributed by atoms with Crippen LogP contribution in [0.1, 0.15) is 37.3 Å². The van der Waals surface area contributed by atoms with E-state index in [9.17, 15) is 18.3 Å². The van der Waals surface area contributed by atoms with Crippen molar-refractivity contribution >= 4 is 16.1 Å². The molecule has 2 fully saturated rings. The number of ether oxygens (including phenoxy) is 2. The lowest BCUT2D eigenvalue weighted by molar-refractivity contribution is -0.200. The van der Waals surface area contributed by atoms with Gasteiger partial charge in [-0.05, 0) is 50.9 Å². The van der Waals surface area contributed by atoms with Crippen molar-refractivity contribution in [1.29, 1.82) is 0 Å². The molecule has 0 radical (unpaired) electrons. The van der Waals surface area contributed by atoms with Gasteiger partial charge < -0.3 is 19.5 Å². The molecule has 1 aromatic rings. The predicted octanol–water partition coefficient (Wildman–Crippen LogP) is 0.741. The molecule has 2 heterocycles. The number of rotatable bonds is 3. The van der Waals surface area contributed by atoms with Crippen LogP contribution >= 0.6 is 0 Å². The lowest BCUT2D eigenvalue weighted by atomic mass is 9.49. The summed E-state index contributed by atoms with van der Waals surface area (Å²) >= 11 is 0. The fourth-order valence-electron chi connectivity index (χ4n) is 6.26. The molecule has 1 N–H and O–H groups in total. The van der Waals surface area contributed by atoms with Crippen molar-refractivity contribution in [3.63, 3.8) is 0 Å². The molecule has 5 atom stereocenters. The minimum Gasteiger partial charge on any atom is -0.482 e. The van der Waals surface area contributed by atoms with Gasteiger partial charge in [-0.25, -0.2) is 0 Å². The van der Waals surface area contributed by atoms with Crippen LogP contribution < -0.4 is 9.47 Å². The molecule has 2 aliphatic carbocycles. The van der Waals surface area contributed by atoms with Gasteiger partial charge in [-0.15, -0.1) is 0 Å². The number of aliphatic hydroxyl groups is 1. The number of benzene rings is 1. The Labute approximate surface area is 169 Å². The fourth-order valence-corrected chi connectivity index (χ4v) is 6.90. The van der Waals surface area contributed by atoms with Crippen LogP contribution in [-0.2, 0) is 30.9 Å². The number of hydrogen-bond donors (Lipinski definition) is 1. The average molecular weight is 423 g/mol. The minimum atomic E-state index is -3.71. The van der Waals surface area contributed by atoms with Crippen molar-refractivity contribution in [1.82, 2.24) is 4.90 Å². The molecule has 8 nitrogen and oxygen atoms in total. The van der Waals surface area contributed by atoms with Crippen molar-refractivity contribution < 1.29 is 32.0 Å². The number of carbonyl (C=O) groups excluding carboxylic acids is 1. The molecule has 158 valence electrons. The third kappa shape index (κ3) is 2.47. The van der Waals surface area contributed by atoms with Crippen LogP contribution in [0.4, 0.5) is 0 Å². The Morgan fingerprint density at radius 3 is 2.79 bits per heavy atom. The van der Waals surface area contributed by atoms with Crippen LogP contribution in [0.5, 0.6) is 11.5 Å². The molecule has 0 aromatic heterocycles. The summed E-state index contributed by atoms with van der Waals surface area (Å²) in [6, 6.07) is 3.55. The number of hydrogen-bond acceptors (Lipinski definition) is 8. The van der Waals surface area contributed by atoms with Crippen molar-refractivity contribution in [2.75, 3.05) is 19.8 Å². The van der Waals surface area contributed by atoms with E-state index in [0.717, 1.165) is 23.9 Å². The number of nitrogens with zero attached hydrogens (tertiary/aromatic N) is 1. The van der Waals surface area contributed by atoms with Gasteiger partial charge in [0, 0.05) is 18.5 Å². The van der Waals surface area contributed by atoms with Crippen molar-refractivity contribution in [2.24, 2.45) is 0 Å². The van der Waals surface area contributed by atoms with Gasteiger partial charge in [0.15, 0.2) is 11.5 Å². The molecular weight excluding hydrogens is 398 g/mol. The first-order chi connectivity index (χ1) is 13.6. The summed E-state index contributed by atoms with van der Waals surface area (Å²) in [5.41, 5.74) is 0.0287. The molecule has 1 unspecified atom stereocenters. The zero-order chi connectivity index (χ0) is 20.8. The van der Waals surface area contributed by atoms with Gasteiger partial charge >= 0.3 is 5.97 Å². The number of carbonyl (C=O) groups is 1. The van der Waals surface area contributed by atoms with Gasteiger partial charge in [-0.2, -0.15) is 8.42 Å². The van der Waals surface area contributed by atoms with Crippen LogP contribution in [0.15, 0.2) is 12.1 Å². The number of esters is 1. The summed E-state index contributed by atoms with van der Waals surface area (Å²) in [5.74, 6) is 0.277. The fraction of sp³-hybridized carbons (Fsp3) is 0.650. The van der Waals surface area contributed by atoms with Crippen LogP contribution in [0.3, 0.4) is 0 Å². The Morgan fingerprint density at radius 1 is 1.34 bits per heavy atom. The van der Waals surface area contributed by atoms with Crippen LogP contribution in [0.2, 0.25) is 0 Å². The monoisotopic (exact) mass is 423 g/mol. The van der Waals surface area contributed by atoms with E-state index in [1.54, 1.807) is 6.07 Å². The summed E-state index contributed by atoms with van der Waals surface area (Å²) in [7, 11) is -1.69. The second-order valence-corrected chi connectivity index (χ2v) is 10.4. The van der Waals surface area contributed by atoms with Gasteiger partial charge in [0.05, 0.1) is 17.3 Å². The first kappa shape index (κ1) is 19.3. The highest BCUT2D eigenvalue weighted by Gasteiger charge is 2.73. The van der Waals surface area contributed by atoms with Gasteiger partial charge in [0.25, 0.3) is 10.1 Å². The first-order valence-electron chi connectivity index (χ1n) is 9.89. The molecule has 4 aliphatic rings. The molecule has 2 bridgehead atoms. The molecule has 0 amide bonds. The third-order valence-corrected chi connectivity index (χ3v) is 7.81. The van der Waals surface area contributed by atoms with Gasteiger partial charge in [0.1, 0.15) is 12.2 Å². The second kappa shape index (κ2) is 5.94. The second-order valence-electron chi connectivity index (χ2n) is 8.78. The Morgan fingerprint density at radius 2 is 2.10 bits per heavy atom. The molecule has 2 aliphatic heterocycles. The third-order valence-electron chi connectivity index (χ3n) is 7.21. The summed E-state index contributed by atoms with van der Waals surface area (Å²) in [4.78, 5) is 13.8. The molecular formula is C20H25NO7S. The van der Waals surface area contributed by atoms with E-state index in [-0.39, 0.29) is 6.04 Å². The van der Waals surface area contributed by atoms with E-state index in [2.05, 4.69) is 4.90 Å². The quantitative estimate of drug-likeness (QED) is 0.432. The Hall–Kier alpha value is -1.68. The molecule has 1 saturated carbocycles. The zero-order valence-electron chi connectivity index (χ0n) is 16.7. The van der Waals surface area contributed by atoms with Crippen molar-refractivity contribution in [3.8, 4) is 11.5 Å². The number of likely N-dealkylation sites (tertiary alicyclic amines) is 1. The van der Waals surface area contributed by atoms with Crippen LogP contribution in [0, 0.1) is 0 Å². The highest BCUT2D eigenvalue weighted by molar-refractivity contribution is 7.86. The maximum atomic E-state index is 12.0. The van der Waals surface area contributed by atoms with E-state index in [1.165, 1.54) is 6.92 Å². The summed E-state index contributed by atoms with van der Waals surface area (Å²) in [6.07, 6.45) is 1.70. The van der Waals surface area contributed by atoms with Crippen LogP contribution in [0.25, 0.3) is 0 Å². The standard InChI is InChI=1S/C20H25NO7S/c1-11(22)26-13-5-4-12-10-15-20(23)7-6-14(28-29(3,24)25)18-19(20,8-9-21(15)2)16(12)17(13)27-18/h4-5,14-15,18,23H,6-10H2,1-3H3/t14-,15+,18-,19-,20?/m0/s1. The Bertz CT molecular complexity index is 1010. The van der Waals surface area contributed by atoms with E-state index >= 15 is 0 Å². The summed E-state index contributed by atoms with van der Waals surface area (Å²) in [6.45, 7) is 2.07. The van der Waals surface area contributed by atoms with E-state index in [4.69, 9.17) is 13.7 Å². The highest BCUT2D eigenvalue weighted by atomic mass is 32.2. The normalized spacial score (nSPS) is 37.6. The first-order valence-corrected chi connectivity index (χ1v) is 11.7. The average Bonchev–Trinajstić information content (AvgIpc) is 2.96. The summed E-state index contributed by atoms with van der Waals surface area (Å²) in [5, 5.41) is 12.0. The van der Waals surface area contributed by atoms with Crippen LogP contribution in [-0.4, -0.2) is 68.1 Å². The smallest absolute Gasteiger partial charge is 0.308 e. The Balaban J connectivity index is 1.73. The van der Waals surface area contributed by atoms with Gasteiger partial charge in [-0.3, -0.25) is 8.98 Å².